The van der Waals surface area contributed by atoms with Crippen LogP contribution in [0.5, 0.6) is 0 Å². The molecule has 1 N–H and O–H groups in total. The summed E-state index contributed by atoms with van der Waals surface area (Å²) in [4.78, 5) is 6.16. The van der Waals surface area contributed by atoms with Gasteiger partial charge in [0.1, 0.15) is 0 Å². The number of rotatable bonds is 2. The molecular weight excluding hydrogens is 242 g/mol. The maximum atomic E-state index is 10.0. The lowest BCUT2D eigenvalue weighted by molar-refractivity contribution is 0.152. The lowest BCUT2D eigenvalue weighted by Crippen LogP contribution is -2.13. The minimum absolute atomic E-state index is 0.288. The van der Waals surface area contributed by atoms with Crippen molar-refractivity contribution in [3.63, 3.8) is 0 Å². The van der Waals surface area contributed by atoms with E-state index >= 15 is 0 Å². The number of hydrogen-bond donors (Lipinski definition) is 1. The number of fused-ring (bicyclic) bond motifs is 1. The second-order valence-electron chi connectivity index (χ2n) is 5.91. The molecule has 3 heteroatoms. The molecule has 2 aliphatic rings. The van der Waals surface area contributed by atoms with Crippen molar-refractivity contribution in [3.05, 3.63) is 15.6 Å². The molecule has 1 heterocycles. The summed E-state index contributed by atoms with van der Waals surface area (Å²) in [6.07, 6.45) is 9.56. The van der Waals surface area contributed by atoms with Crippen LogP contribution < -0.4 is 0 Å². The van der Waals surface area contributed by atoms with Crippen LogP contribution in [-0.2, 0) is 6.42 Å². The number of aromatic nitrogens is 1. The van der Waals surface area contributed by atoms with E-state index in [-0.39, 0.29) is 6.10 Å². The fourth-order valence-electron chi connectivity index (χ4n) is 3.48. The Kier molecular flexibility index (Phi) is 3.71. The molecule has 1 fully saturated rings. The van der Waals surface area contributed by atoms with E-state index in [4.69, 9.17) is 4.98 Å². The Morgan fingerprint density at radius 3 is 2.94 bits per heavy atom. The number of thiazole rings is 1. The first-order chi connectivity index (χ1) is 8.78. The summed E-state index contributed by atoms with van der Waals surface area (Å²) in [7, 11) is 0. The van der Waals surface area contributed by atoms with Crippen molar-refractivity contribution in [1.29, 1.82) is 0 Å². The Hall–Kier alpha value is -0.410. The minimum Gasteiger partial charge on any atom is -0.387 e. The minimum atomic E-state index is -0.288. The van der Waals surface area contributed by atoms with E-state index in [2.05, 4.69) is 6.92 Å². The molecule has 0 spiro atoms. The monoisotopic (exact) mass is 265 g/mol. The van der Waals surface area contributed by atoms with Gasteiger partial charge in [-0.1, -0.05) is 26.2 Å². The Morgan fingerprint density at radius 1 is 1.28 bits per heavy atom. The van der Waals surface area contributed by atoms with Crippen molar-refractivity contribution >= 4 is 11.3 Å². The molecule has 1 aromatic heterocycles. The van der Waals surface area contributed by atoms with Crippen LogP contribution in [0, 0.1) is 5.92 Å². The van der Waals surface area contributed by atoms with Crippen molar-refractivity contribution in [2.75, 3.05) is 0 Å². The molecule has 0 bridgehead atoms. The van der Waals surface area contributed by atoms with Gasteiger partial charge < -0.3 is 5.11 Å². The molecule has 0 radical (unpaired) electrons. The van der Waals surface area contributed by atoms with Gasteiger partial charge in [-0.15, -0.1) is 11.3 Å². The number of nitrogens with zero attached hydrogens (tertiary/aromatic N) is 1. The van der Waals surface area contributed by atoms with Crippen molar-refractivity contribution in [1.82, 2.24) is 4.98 Å². The zero-order valence-corrected chi connectivity index (χ0v) is 12.0. The van der Waals surface area contributed by atoms with Crippen LogP contribution in [-0.4, -0.2) is 10.1 Å². The number of hydrogen-bond acceptors (Lipinski definition) is 3. The third kappa shape index (κ3) is 2.35. The van der Waals surface area contributed by atoms with Crippen molar-refractivity contribution in [3.8, 4) is 0 Å². The fourth-order valence-corrected chi connectivity index (χ4v) is 4.79. The average molecular weight is 265 g/mol. The van der Waals surface area contributed by atoms with Gasteiger partial charge in [0.2, 0.25) is 0 Å². The SMILES string of the molecule is CCC1CCCC(c2nc3c(s2)CCCC3O)C1. The molecule has 0 aromatic carbocycles. The average Bonchev–Trinajstić information content (AvgIpc) is 2.84. The normalized spacial score (nSPS) is 32.2. The lowest BCUT2D eigenvalue weighted by Gasteiger charge is -2.26. The summed E-state index contributed by atoms with van der Waals surface area (Å²) in [6, 6.07) is 0. The summed E-state index contributed by atoms with van der Waals surface area (Å²) >= 11 is 1.89. The summed E-state index contributed by atoms with van der Waals surface area (Å²) in [5.74, 6) is 1.57. The largest absolute Gasteiger partial charge is 0.387 e. The van der Waals surface area contributed by atoms with Gasteiger partial charge in [-0.25, -0.2) is 4.98 Å². The molecule has 3 rings (SSSR count). The highest BCUT2D eigenvalue weighted by molar-refractivity contribution is 7.11. The summed E-state index contributed by atoms with van der Waals surface area (Å²) < 4.78 is 0. The molecule has 100 valence electrons. The third-order valence-corrected chi connectivity index (χ3v) is 5.94. The van der Waals surface area contributed by atoms with Gasteiger partial charge in [0, 0.05) is 10.8 Å². The van der Waals surface area contributed by atoms with Crippen molar-refractivity contribution in [2.24, 2.45) is 5.92 Å². The molecular formula is C15H23NOS. The second-order valence-corrected chi connectivity index (χ2v) is 7.02. The van der Waals surface area contributed by atoms with Crippen LogP contribution in [0.25, 0.3) is 0 Å². The third-order valence-electron chi connectivity index (χ3n) is 4.65. The summed E-state index contributed by atoms with van der Waals surface area (Å²) in [6.45, 7) is 2.31. The van der Waals surface area contributed by atoms with Gasteiger partial charge in [0.25, 0.3) is 0 Å². The van der Waals surface area contributed by atoms with E-state index in [1.54, 1.807) is 0 Å². The highest BCUT2D eigenvalue weighted by Gasteiger charge is 2.28. The van der Waals surface area contributed by atoms with Crippen LogP contribution >= 0.6 is 11.3 Å². The molecule has 1 saturated carbocycles. The number of aryl methyl sites for hydroxylation is 1. The van der Waals surface area contributed by atoms with Crippen molar-refractivity contribution in [2.45, 2.75) is 70.3 Å². The van der Waals surface area contributed by atoms with Crippen LogP contribution in [0.1, 0.15) is 79.5 Å². The van der Waals surface area contributed by atoms with Crippen LogP contribution in [0.15, 0.2) is 0 Å². The summed E-state index contributed by atoms with van der Waals surface area (Å²) in [5.41, 5.74) is 1.01. The Bertz CT molecular complexity index is 415. The van der Waals surface area contributed by atoms with E-state index in [9.17, 15) is 5.11 Å². The predicted molar refractivity (Wildman–Crippen MR) is 75.0 cm³/mol. The van der Waals surface area contributed by atoms with Crippen LogP contribution in [0.4, 0.5) is 0 Å². The molecule has 2 nitrogen and oxygen atoms in total. The van der Waals surface area contributed by atoms with Gasteiger partial charge in [-0.3, -0.25) is 0 Å². The molecule has 1 aromatic rings. The Labute approximate surface area is 113 Å². The topological polar surface area (TPSA) is 33.1 Å². The first-order valence-corrected chi connectivity index (χ1v) is 8.27. The molecule has 2 aliphatic carbocycles. The molecule has 0 amide bonds. The van der Waals surface area contributed by atoms with Crippen LogP contribution in [0.3, 0.4) is 0 Å². The van der Waals surface area contributed by atoms with Gasteiger partial charge in [0.05, 0.1) is 16.8 Å². The van der Waals surface area contributed by atoms with E-state index in [1.165, 1.54) is 42.0 Å². The number of aliphatic hydroxyl groups is 1. The molecule has 18 heavy (non-hydrogen) atoms. The standard InChI is InChI=1S/C15H23NOS/c1-2-10-5-3-6-11(9-10)15-16-14-12(17)7-4-8-13(14)18-15/h10-12,17H,2-9H2,1H3. The van der Waals surface area contributed by atoms with E-state index in [0.717, 1.165) is 30.9 Å². The molecule has 0 aliphatic heterocycles. The van der Waals surface area contributed by atoms with Gasteiger partial charge in [0.15, 0.2) is 0 Å². The first kappa shape index (κ1) is 12.6. The maximum Gasteiger partial charge on any atom is 0.0971 e. The zero-order valence-electron chi connectivity index (χ0n) is 11.2. The van der Waals surface area contributed by atoms with E-state index in [1.807, 2.05) is 11.3 Å². The Morgan fingerprint density at radius 2 is 2.17 bits per heavy atom. The van der Waals surface area contributed by atoms with Gasteiger partial charge in [-0.05, 0) is 38.0 Å². The van der Waals surface area contributed by atoms with Crippen molar-refractivity contribution < 1.29 is 5.11 Å². The molecule has 3 unspecified atom stereocenters. The highest BCUT2D eigenvalue weighted by Crippen LogP contribution is 2.42. The highest BCUT2D eigenvalue weighted by atomic mass is 32.1. The van der Waals surface area contributed by atoms with Crippen LogP contribution in [0.2, 0.25) is 0 Å². The van der Waals surface area contributed by atoms with E-state index < -0.39 is 0 Å². The quantitative estimate of drug-likeness (QED) is 0.869. The molecule has 3 atom stereocenters. The molecule has 0 saturated heterocycles. The summed E-state index contributed by atoms with van der Waals surface area (Å²) in [5, 5.41) is 11.3. The maximum absolute atomic E-state index is 10.0. The zero-order chi connectivity index (χ0) is 12.5. The first-order valence-electron chi connectivity index (χ1n) is 7.45. The second kappa shape index (κ2) is 5.30. The smallest absolute Gasteiger partial charge is 0.0971 e. The predicted octanol–water partition coefficient (Wildman–Crippen LogP) is 4.20. The lowest BCUT2D eigenvalue weighted by atomic mass is 9.80. The fraction of sp³-hybridized carbons (Fsp3) is 0.800. The van der Waals surface area contributed by atoms with Gasteiger partial charge >= 0.3 is 0 Å². The van der Waals surface area contributed by atoms with E-state index in [0.29, 0.717) is 5.92 Å². The Balaban J connectivity index is 1.80. The number of aliphatic hydroxyl groups excluding tert-OH is 1. The van der Waals surface area contributed by atoms with Gasteiger partial charge in [-0.2, -0.15) is 0 Å².